The van der Waals surface area contributed by atoms with Crippen LogP contribution in [0, 0.1) is 0 Å². The fourth-order valence-corrected chi connectivity index (χ4v) is 4.70. The summed E-state index contributed by atoms with van der Waals surface area (Å²) in [6, 6.07) is 6.68. The van der Waals surface area contributed by atoms with Gasteiger partial charge in [-0.1, -0.05) is 26.2 Å². The minimum atomic E-state index is -0.0330. The second-order valence-corrected chi connectivity index (χ2v) is 10.5. The average molecular weight is 565 g/mol. The van der Waals surface area contributed by atoms with Crippen molar-refractivity contribution in [2.75, 3.05) is 60.7 Å². The zero-order chi connectivity index (χ0) is 29.8. The fraction of sp³-hybridized carbons (Fsp3) is 0.742. The van der Waals surface area contributed by atoms with E-state index in [1.165, 1.54) is 45.1 Å². The first kappa shape index (κ1) is 35.7. The smallest absolute Gasteiger partial charge is 0.253 e. The maximum atomic E-state index is 12.3. The molecule has 230 valence electrons. The van der Waals surface area contributed by atoms with E-state index in [0.717, 1.165) is 38.5 Å². The third-order valence-corrected chi connectivity index (χ3v) is 7.35. The number of hydrogen-bond acceptors (Lipinski definition) is 7. The first-order valence-electron chi connectivity index (χ1n) is 15.0. The first-order chi connectivity index (χ1) is 19.3. The van der Waals surface area contributed by atoms with E-state index in [9.17, 15) is 9.59 Å². The van der Waals surface area contributed by atoms with Gasteiger partial charge in [0.05, 0.1) is 13.7 Å². The highest BCUT2D eigenvalue weighted by Gasteiger charge is 2.18. The van der Waals surface area contributed by atoms with Crippen LogP contribution in [-0.2, 0) is 9.53 Å². The number of rotatable bonds is 13. The van der Waals surface area contributed by atoms with Crippen molar-refractivity contribution < 1.29 is 23.8 Å². The molecule has 9 nitrogen and oxygen atoms in total. The van der Waals surface area contributed by atoms with Crippen LogP contribution < -0.4 is 20.1 Å². The fourth-order valence-electron chi connectivity index (χ4n) is 4.70. The summed E-state index contributed by atoms with van der Waals surface area (Å²) >= 11 is 0. The third-order valence-electron chi connectivity index (χ3n) is 7.35. The van der Waals surface area contributed by atoms with E-state index in [2.05, 4.69) is 17.6 Å². The molecule has 0 radical (unpaired) electrons. The largest absolute Gasteiger partial charge is 0.493 e. The summed E-state index contributed by atoms with van der Waals surface area (Å²) in [4.78, 5) is 26.5. The molecule has 3 rings (SSSR count). The standard InChI is InChI=1S/C16H25NO4.C9H17NO.C6H14N2/c1-12(2)17(3)16(18)13-7-8-14(20-5)15(11-13)21-10-6-9-19-4;1-2-10(8-11)9-6-4-3-5-7-9;1-2-8-6-3-4-7-5-6/h7-8,11-12H,6,9-10H2,1-5H3;8-9H,2-7H2,1H3;6-8H,2-5H2,1H3. The first-order valence-corrected chi connectivity index (χ1v) is 15.0. The third kappa shape index (κ3) is 13.3. The Morgan fingerprint density at radius 2 is 1.82 bits per heavy atom. The molecule has 1 aliphatic heterocycles. The van der Waals surface area contributed by atoms with Crippen molar-refractivity contribution in [2.24, 2.45) is 0 Å². The van der Waals surface area contributed by atoms with Gasteiger partial charge in [-0.2, -0.15) is 0 Å². The number of hydrogen-bond donors (Lipinski definition) is 2. The van der Waals surface area contributed by atoms with Crippen molar-refractivity contribution in [3.8, 4) is 11.5 Å². The Morgan fingerprint density at radius 1 is 1.10 bits per heavy atom. The lowest BCUT2D eigenvalue weighted by Gasteiger charge is -2.30. The van der Waals surface area contributed by atoms with Crippen LogP contribution in [0.4, 0.5) is 0 Å². The monoisotopic (exact) mass is 564 g/mol. The molecule has 1 heterocycles. The van der Waals surface area contributed by atoms with Gasteiger partial charge in [0, 0.05) is 64.0 Å². The number of nitrogens with one attached hydrogen (secondary N) is 2. The lowest BCUT2D eigenvalue weighted by Crippen LogP contribution is -2.35. The van der Waals surface area contributed by atoms with E-state index >= 15 is 0 Å². The van der Waals surface area contributed by atoms with Gasteiger partial charge in [-0.15, -0.1) is 0 Å². The van der Waals surface area contributed by atoms with Gasteiger partial charge in [0.15, 0.2) is 11.5 Å². The van der Waals surface area contributed by atoms with Crippen LogP contribution in [0.25, 0.3) is 0 Å². The maximum absolute atomic E-state index is 12.3. The van der Waals surface area contributed by atoms with Crippen molar-refractivity contribution in [3.63, 3.8) is 0 Å². The summed E-state index contributed by atoms with van der Waals surface area (Å²) in [5.41, 5.74) is 0.591. The normalized spacial score (nSPS) is 16.8. The molecular formula is C31H56N4O5. The molecule has 0 spiro atoms. The number of amides is 2. The van der Waals surface area contributed by atoms with Gasteiger partial charge < -0.3 is 34.6 Å². The van der Waals surface area contributed by atoms with Crippen LogP contribution >= 0.6 is 0 Å². The topological polar surface area (TPSA) is 92.4 Å². The van der Waals surface area contributed by atoms with Crippen LogP contribution in [0.3, 0.4) is 0 Å². The van der Waals surface area contributed by atoms with Crippen LogP contribution in [0.15, 0.2) is 18.2 Å². The van der Waals surface area contributed by atoms with Gasteiger partial charge in [0.1, 0.15) is 0 Å². The van der Waals surface area contributed by atoms with Crippen molar-refractivity contribution in [3.05, 3.63) is 23.8 Å². The number of likely N-dealkylation sites (N-methyl/N-ethyl adjacent to an activating group) is 1. The summed E-state index contributed by atoms with van der Waals surface area (Å²) < 4.78 is 15.9. The molecule has 2 aliphatic rings. The number of carbonyl (C=O) groups is 2. The molecule has 1 atom stereocenters. The van der Waals surface area contributed by atoms with E-state index in [-0.39, 0.29) is 11.9 Å². The van der Waals surface area contributed by atoms with Gasteiger partial charge in [-0.25, -0.2) is 0 Å². The summed E-state index contributed by atoms with van der Waals surface area (Å²) in [5.74, 6) is 1.17. The van der Waals surface area contributed by atoms with Crippen LogP contribution in [0.1, 0.15) is 83.0 Å². The predicted octanol–water partition coefficient (Wildman–Crippen LogP) is 4.35. The molecule has 2 fully saturated rings. The molecule has 9 heteroatoms. The molecule has 1 aliphatic carbocycles. The average Bonchev–Trinajstić information content (AvgIpc) is 3.50. The lowest BCUT2D eigenvalue weighted by atomic mass is 9.94. The van der Waals surface area contributed by atoms with Crippen LogP contribution in [0.2, 0.25) is 0 Å². The SMILES string of the molecule is CCN(C=O)C1CCCCC1.CCNC1CCNC1.COCCCOc1cc(C(=O)N(C)C(C)C)ccc1OC. The van der Waals surface area contributed by atoms with E-state index in [4.69, 9.17) is 14.2 Å². The Hall–Kier alpha value is -2.36. The van der Waals surface area contributed by atoms with Gasteiger partial charge >= 0.3 is 0 Å². The van der Waals surface area contributed by atoms with Gasteiger partial charge in [0.2, 0.25) is 6.41 Å². The second kappa shape index (κ2) is 21.4. The van der Waals surface area contributed by atoms with E-state index in [1.54, 1.807) is 44.4 Å². The minimum absolute atomic E-state index is 0.0330. The van der Waals surface area contributed by atoms with E-state index < -0.39 is 0 Å². The van der Waals surface area contributed by atoms with Crippen molar-refractivity contribution >= 4 is 12.3 Å². The summed E-state index contributed by atoms with van der Waals surface area (Å²) in [5, 5.41) is 6.68. The molecule has 0 aromatic heterocycles. The zero-order valence-electron chi connectivity index (χ0n) is 26.2. The number of ether oxygens (including phenoxy) is 3. The number of benzene rings is 1. The van der Waals surface area contributed by atoms with Gasteiger partial charge in [-0.3, -0.25) is 9.59 Å². The number of methoxy groups -OCH3 is 2. The summed E-state index contributed by atoms with van der Waals surface area (Å²) in [6.45, 7) is 13.6. The highest BCUT2D eigenvalue weighted by molar-refractivity contribution is 5.94. The lowest BCUT2D eigenvalue weighted by molar-refractivity contribution is -0.120. The van der Waals surface area contributed by atoms with Gasteiger partial charge in [0.25, 0.3) is 5.91 Å². The second-order valence-electron chi connectivity index (χ2n) is 10.5. The molecule has 40 heavy (non-hydrogen) atoms. The summed E-state index contributed by atoms with van der Waals surface area (Å²) in [7, 11) is 5.02. The maximum Gasteiger partial charge on any atom is 0.253 e. The molecule has 1 aromatic rings. The van der Waals surface area contributed by atoms with Gasteiger partial charge in [-0.05, 0) is 71.3 Å². The van der Waals surface area contributed by atoms with E-state index in [1.807, 2.05) is 25.7 Å². The molecule has 2 N–H and O–H groups in total. The van der Waals surface area contributed by atoms with Crippen LogP contribution in [0.5, 0.6) is 11.5 Å². The Morgan fingerprint density at radius 3 is 2.35 bits per heavy atom. The molecular weight excluding hydrogens is 508 g/mol. The van der Waals surface area contributed by atoms with E-state index in [0.29, 0.717) is 36.3 Å². The highest BCUT2D eigenvalue weighted by Crippen LogP contribution is 2.29. The number of nitrogens with zero attached hydrogens (tertiary/aromatic N) is 2. The molecule has 1 aromatic carbocycles. The number of carbonyl (C=O) groups excluding carboxylic acids is 2. The minimum Gasteiger partial charge on any atom is -0.493 e. The molecule has 1 unspecified atom stereocenters. The zero-order valence-corrected chi connectivity index (χ0v) is 26.2. The highest BCUT2D eigenvalue weighted by atomic mass is 16.5. The Balaban J connectivity index is 0.000000347. The predicted molar refractivity (Wildman–Crippen MR) is 162 cm³/mol. The molecule has 1 saturated carbocycles. The molecule has 2 amide bonds. The molecule has 0 bridgehead atoms. The molecule has 1 saturated heterocycles. The van der Waals surface area contributed by atoms with Crippen molar-refractivity contribution in [1.29, 1.82) is 0 Å². The van der Waals surface area contributed by atoms with Crippen LogP contribution in [-0.4, -0.2) is 101 Å². The Labute approximate surface area is 243 Å². The van der Waals surface area contributed by atoms with Crippen molar-refractivity contribution in [1.82, 2.24) is 20.4 Å². The Bertz CT molecular complexity index is 811. The Kier molecular flexibility index (Phi) is 19.1. The summed E-state index contributed by atoms with van der Waals surface area (Å²) in [6.07, 6.45) is 9.46. The quantitative estimate of drug-likeness (QED) is 0.272. The van der Waals surface area contributed by atoms with Crippen molar-refractivity contribution in [2.45, 2.75) is 90.8 Å².